The molecule has 0 fully saturated rings. The quantitative estimate of drug-likeness (QED) is 0.285. The van der Waals surface area contributed by atoms with Gasteiger partial charge in [-0.15, -0.1) is 0 Å². The standard InChI is InChI=1S/C22H18ClN5O2/c1-13-3-8-18-15(9-13)10-16(21(23)25-18)12-24-28-22(29)20-11-19(26-27-20)14-4-6-17(30-2)7-5-14/h3-12H,1-2H3,(H,26,27)(H,28,29)/b24-12+. The topological polar surface area (TPSA) is 92.3 Å². The molecular weight excluding hydrogens is 402 g/mol. The van der Waals surface area contributed by atoms with Gasteiger partial charge in [0.2, 0.25) is 0 Å². The van der Waals surface area contributed by atoms with Crippen LogP contribution >= 0.6 is 11.6 Å². The van der Waals surface area contributed by atoms with Crippen LogP contribution in [0, 0.1) is 6.92 Å². The third-order valence-electron chi connectivity index (χ3n) is 4.53. The molecule has 0 aliphatic heterocycles. The highest BCUT2D eigenvalue weighted by Gasteiger charge is 2.11. The van der Waals surface area contributed by atoms with Gasteiger partial charge >= 0.3 is 0 Å². The average molecular weight is 420 g/mol. The van der Waals surface area contributed by atoms with Crippen LogP contribution < -0.4 is 10.2 Å². The van der Waals surface area contributed by atoms with Crippen molar-refractivity contribution in [2.24, 2.45) is 5.10 Å². The first kappa shape index (κ1) is 19.6. The molecular formula is C22H18ClN5O2. The lowest BCUT2D eigenvalue weighted by Crippen LogP contribution is -2.18. The molecule has 2 aromatic heterocycles. The number of aromatic nitrogens is 3. The van der Waals surface area contributed by atoms with Crippen LogP contribution in [-0.2, 0) is 0 Å². The van der Waals surface area contributed by atoms with E-state index in [0.717, 1.165) is 27.8 Å². The molecule has 2 N–H and O–H groups in total. The van der Waals surface area contributed by atoms with Crippen molar-refractivity contribution in [2.45, 2.75) is 6.92 Å². The largest absolute Gasteiger partial charge is 0.497 e. The molecule has 0 bridgehead atoms. The molecule has 0 atom stereocenters. The highest BCUT2D eigenvalue weighted by Crippen LogP contribution is 2.22. The maximum atomic E-state index is 12.4. The van der Waals surface area contributed by atoms with Crippen molar-refractivity contribution >= 4 is 34.6 Å². The number of rotatable bonds is 5. The van der Waals surface area contributed by atoms with E-state index < -0.39 is 5.91 Å². The van der Waals surface area contributed by atoms with Gasteiger partial charge < -0.3 is 4.74 Å². The predicted molar refractivity (Wildman–Crippen MR) is 117 cm³/mol. The molecule has 0 aliphatic carbocycles. The Hall–Kier alpha value is -3.71. The molecule has 30 heavy (non-hydrogen) atoms. The van der Waals surface area contributed by atoms with Crippen LogP contribution in [0.15, 0.2) is 59.7 Å². The number of carbonyl (C=O) groups excluding carboxylic acids is 1. The van der Waals surface area contributed by atoms with E-state index in [4.69, 9.17) is 16.3 Å². The average Bonchev–Trinajstić information content (AvgIpc) is 3.25. The highest BCUT2D eigenvalue weighted by molar-refractivity contribution is 6.32. The number of fused-ring (bicyclic) bond motifs is 1. The summed E-state index contributed by atoms with van der Waals surface area (Å²) in [6, 6.07) is 16.8. The van der Waals surface area contributed by atoms with Crippen molar-refractivity contribution in [2.75, 3.05) is 7.11 Å². The fraction of sp³-hybridized carbons (Fsp3) is 0.0909. The molecule has 4 rings (SSSR count). The van der Waals surface area contributed by atoms with E-state index in [1.54, 1.807) is 13.2 Å². The van der Waals surface area contributed by atoms with Gasteiger partial charge in [0, 0.05) is 16.5 Å². The fourth-order valence-corrected chi connectivity index (χ4v) is 3.14. The normalized spacial score (nSPS) is 11.2. The number of carbonyl (C=O) groups is 1. The summed E-state index contributed by atoms with van der Waals surface area (Å²) in [7, 11) is 1.61. The zero-order chi connectivity index (χ0) is 21.1. The van der Waals surface area contributed by atoms with E-state index >= 15 is 0 Å². The number of nitrogens with zero attached hydrogens (tertiary/aromatic N) is 3. The number of hydrogen-bond donors (Lipinski definition) is 2. The minimum atomic E-state index is -0.417. The van der Waals surface area contributed by atoms with Crippen LogP contribution in [0.5, 0.6) is 5.75 Å². The van der Waals surface area contributed by atoms with E-state index in [9.17, 15) is 4.79 Å². The van der Waals surface area contributed by atoms with Crippen LogP contribution in [0.1, 0.15) is 21.6 Å². The third kappa shape index (κ3) is 4.16. The van der Waals surface area contributed by atoms with E-state index in [1.807, 2.05) is 55.5 Å². The third-order valence-corrected chi connectivity index (χ3v) is 4.83. The van der Waals surface area contributed by atoms with Gasteiger partial charge in [0.25, 0.3) is 5.91 Å². The molecule has 2 aromatic carbocycles. The molecule has 0 saturated heterocycles. The van der Waals surface area contributed by atoms with E-state index in [-0.39, 0.29) is 5.69 Å². The van der Waals surface area contributed by atoms with Crippen LogP contribution in [0.3, 0.4) is 0 Å². The molecule has 2 heterocycles. The maximum absolute atomic E-state index is 12.4. The number of ether oxygens (including phenoxy) is 1. The number of benzene rings is 2. The van der Waals surface area contributed by atoms with Crippen molar-refractivity contribution in [3.63, 3.8) is 0 Å². The summed E-state index contributed by atoms with van der Waals surface area (Å²) >= 11 is 6.23. The Morgan fingerprint density at radius 1 is 1.17 bits per heavy atom. The lowest BCUT2D eigenvalue weighted by atomic mass is 10.1. The zero-order valence-electron chi connectivity index (χ0n) is 16.3. The van der Waals surface area contributed by atoms with Crippen LogP contribution in [0.4, 0.5) is 0 Å². The number of hydrogen-bond acceptors (Lipinski definition) is 5. The zero-order valence-corrected chi connectivity index (χ0v) is 17.1. The molecule has 7 nitrogen and oxygen atoms in total. The van der Waals surface area contributed by atoms with Crippen molar-refractivity contribution < 1.29 is 9.53 Å². The minimum absolute atomic E-state index is 0.288. The first-order valence-corrected chi connectivity index (χ1v) is 9.51. The SMILES string of the molecule is COc1ccc(-c2cc(C(=O)N/N=C/c3cc4cc(C)ccc4nc3Cl)[nH]n2)cc1. The van der Waals surface area contributed by atoms with Gasteiger partial charge in [0.15, 0.2) is 0 Å². The molecule has 0 unspecified atom stereocenters. The van der Waals surface area contributed by atoms with Crippen LogP contribution in [0.2, 0.25) is 5.15 Å². The Morgan fingerprint density at radius 2 is 1.97 bits per heavy atom. The lowest BCUT2D eigenvalue weighted by Gasteiger charge is -2.03. The Kier molecular flexibility index (Phi) is 5.45. The number of pyridine rings is 1. The second-order valence-corrected chi connectivity index (χ2v) is 7.02. The van der Waals surface area contributed by atoms with Gasteiger partial charge in [-0.1, -0.05) is 23.2 Å². The number of H-pyrrole nitrogens is 1. The summed E-state index contributed by atoms with van der Waals surface area (Å²) in [6.07, 6.45) is 1.47. The second kappa shape index (κ2) is 8.34. The van der Waals surface area contributed by atoms with E-state index in [1.165, 1.54) is 6.21 Å². The first-order valence-electron chi connectivity index (χ1n) is 9.13. The lowest BCUT2D eigenvalue weighted by molar-refractivity contribution is 0.0950. The Morgan fingerprint density at radius 3 is 2.73 bits per heavy atom. The second-order valence-electron chi connectivity index (χ2n) is 6.66. The first-order chi connectivity index (χ1) is 14.5. The van der Waals surface area contributed by atoms with Crippen LogP contribution in [-0.4, -0.2) is 34.4 Å². The van der Waals surface area contributed by atoms with Crippen molar-refractivity contribution in [3.05, 3.63) is 76.6 Å². The molecule has 8 heteroatoms. The molecule has 0 saturated carbocycles. The number of aryl methyl sites for hydroxylation is 1. The van der Waals surface area contributed by atoms with Crippen LogP contribution in [0.25, 0.3) is 22.2 Å². The summed E-state index contributed by atoms with van der Waals surface area (Å²) in [5.74, 6) is 0.331. The molecule has 1 amide bonds. The Balaban J connectivity index is 1.47. The predicted octanol–water partition coefficient (Wildman–Crippen LogP) is 4.36. The van der Waals surface area contributed by atoms with Gasteiger partial charge in [-0.2, -0.15) is 10.2 Å². The van der Waals surface area contributed by atoms with Gasteiger partial charge in [-0.25, -0.2) is 10.4 Å². The van der Waals surface area contributed by atoms with Crippen molar-refractivity contribution in [1.82, 2.24) is 20.6 Å². The highest BCUT2D eigenvalue weighted by atomic mass is 35.5. The number of aromatic amines is 1. The number of halogens is 1. The molecule has 0 spiro atoms. The monoisotopic (exact) mass is 419 g/mol. The number of methoxy groups -OCH3 is 1. The van der Waals surface area contributed by atoms with Gasteiger partial charge in [0.05, 0.1) is 24.5 Å². The number of nitrogens with one attached hydrogen (secondary N) is 2. The molecule has 150 valence electrons. The molecule has 4 aromatic rings. The summed E-state index contributed by atoms with van der Waals surface area (Å²) < 4.78 is 5.15. The number of amides is 1. The smallest absolute Gasteiger partial charge is 0.289 e. The van der Waals surface area contributed by atoms with E-state index in [0.29, 0.717) is 16.4 Å². The Bertz CT molecular complexity index is 1250. The minimum Gasteiger partial charge on any atom is -0.497 e. The summed E-state index contributed by atoms with van der Waals surface area (Å²) in [6.45, 7) is 2.01. The Labute approximate surface area is 177 Å². The van der Waals surface area contributed by atoms with Gasteiger partial charge in [-0.3, -0.25) is 9.89 Å². The van der Waals surface area contributed by atoms with Gasteiger partial charge in [0.1, 0.15) is 16.6 Å². The summed E-state index contributed by atoms with van der Waals surface area (Å²) in [4.78, 5) is 16.7. The number of hydrazone groups is 1. The fourth-order valence-electron chi connectivity index (χ4n) is 2.95. The molecule has 0 radical (unpaired) electrons. The van der Waals surface area contributed by atoms with Crippen molar-refractivity contribution in [1.29, 1.82) is 0 Å². The summed E-state index contributed by atoms with van der Waals surface area (Å²) in [5.41, 5.74) is 6.79. The maximum Gasteiger partial charge on any atom is 0.289 e. The summed E-state index contributed by atoms with van der Waals surface area (Å²) in [5, 5.41) is 12.2. The molecule has 0 aliphatic rings. The van der Waals surface area contributed by atoms with E-state index in [2.05, 4.69) is 25.7 Å². The van der Waals surface area contributed by atoms with Gasteiger partial charge in [-0.05, 0) is 55.5 Å². The van der Waals surface area contributed by atoms with Crippen molar-refractivity contribution in [3.8, 4) is 17.0 Å².